The van der Waals surface area contributed by atoms with E-state index in [0.717, 1.165) is 22.5 Å². The molecule has 0 saturated heterocycles. The van der Waals surface area contributed by atoms with Crippen molar-refractivity contribution in [1.29, 1.82) is 0 Å². The Kier molecular flexibility index (Phi) is 4.87. The van der Waals surface area contributed by atoms with E-state index < -0.39 is 0 Å². The fraction of sp³-hybridized carbons (Fsp3) is 0.105. The molecule has 0 saturated carbocycles. The monoisotopic (exact) mass is 336 g/mol. The van der Waals surface area contributed by atoms with Crippen LogP contribution in [0.5, 0.6) is 0 Å². The van der Waals surface area contributed by atoms with Gasteiger partial charge in [0.1, 0.15) is 11.6 Å². The molecule has 1 heterocycles. The highest BCUT2D eigenvalue weighted by atomic mass is 35.5. The summed E-state index contributed by atoms with van der Waals surface area (Å²) in [4.78, 5) is 8.87. The van der Waals surface area contributed by atoms with E-state index in [9.17, 15) is 0 Å². The number of nitrogens with zero attached hydrogens (tertiary/aromatic N) is 3. The van der Waals surface area contributed by atoms with Crippen LogP contribution in [0.2, 0.25) is 5.02 Å². The lowest BCUT2D eigenvalue weighted by atomic mass is 10.1. The van der Waals surface area contributed by atoms with Crippen molar-refractivity contribution in [2.24, 2.45) is 5.10 Å². The van der Waals surface area contributed by atoms with Crippen LogP contribution < -0.4 is 5.43 Å². The average Bonchev–Trinajstić information content (AvgIpc) is 2.60. The molecule has 0 aliphatic rings. The van der Waals surface area contributed by atoms with Crippen LogP contribution >= 0.6 is 11.6 Å². The van der Waals surface area contributed by atoms with Gasteiger partial charge in [-0.1, -0.05) is 54.1 Å². The predicted molar refractivity (Wildman–Crippen MR) is 99.5 cm³/mol. The van der Waals surface area contributed by atoms with E-state index in [1.807, 2.05) is 74.5 Å². The third-order valence-corrected chi connectivity index (χ3v) is 3.76. The minimum atomic E-state index is 0.662. The third-order valence-electron chi connectivity index (χ3n) is 3.51. The zero-order valence-electron chi connectivity index (χ0n) is 13.5. The molecule has 1 aromatic heterocycles. The van der Waals surface area contributed by atoms with Crippen LogP contribution in [0.1, 0.15) is 18.3 Å². The molecule has 0 spiro atoms. The van der Waals surface area contributed by atoms with Crippen LogP contribution in [0, 0.1) is 6.92 Å². The zero-order valence-corrected chi connectivity index (χ0v) is 14.2. The summed E-state index contributed by atoms with van der Waals surface area (Å²) in [7, 11) is 0. The molecule has 1 N–H and O–H groups in total. The Morgan fingerprint density at radius 2 is 1.71 bits per heavy atom. The van der Waals surface area contributed by atoms with Crippen molar-refractivity contribution in [1.82, 2.24) is 9.97 Å². The van der Waals surface area contributed by atoms with Gasteiger partial charge in [0.25, 0.3) is 0 Å². The van der Waals surface area contributed by atoms with Crippen molar-refractivity contribution < 1.29 is 0 Å². The van der Waals surface area contributed by atoms with Crippen molar-refractivity contribution in [3.63, 3.8) is 0 Å². The SMILES string of the molecule is C/C(=N\Nc1cc(-c2ccccc2)nc(C)n1)c1ccc(Cl)cc1. The number of nitrogens with one attached hydrogen (secondary N) is 1. The van der Waals surface area contributed by atoms with Crippen molar-refractivity contribution in [3.05, 3.63) is 77.1 Å². The predicted octanol–water partition coefficient (Wildman–Crippen LogP) is 4.94. The number of aryl methyl sites for hydroxylation is 1. The first-order valence-electron chi connectivity index (χ1n) is 7.59. The van der Waals surface area contributed by atoms with Gasteiger partial charge in [0.15, 0.2) is 0 Å². The maximum atomic E-state index is 5.91. The number of hydrogen-bond acceptors (Lipinski definition) is 4. The van der Waals surface area contributed by atoms with E-state index in [2.05, 4.69) is 20.5 Å². The number of aromatic nitrogens is 2. The molecule has 2 aromatic carbocycles. The van der Waals surface area contributed by atoms with Crippen molar-refractivity contribution in [2.45, 2.75) is 13.8 Å². The highest BCUT2D eigenvalue weighted by molar-refractivity contribution is 6.30. The molecule has 0 atom stereocenters. The van der Waals surface area contributed by atoms with E-state index in [1.54, 1.807) is 0 Å². The summed E-state index contributed by atoms with van der Waals surface area (Å²) in [6, 6.07) is 19.5. The van der Waals surface area contributed by atoms with Gasteiger partial charge >= 0.3 is 0 Å². The van der Waals surface area contributed by atoms with Crippen LogP contribution in [-0.4, -0.2) is 15.7 Å². The summed E-state index contributed by atoms with van der Waals surface area (Å²) < 4.78 is 0. The number of hydrazone groups is 1. The van der Waals surface area contributed by atoms with Crippen LogP contribution in [0.25, 0.3) is 11.3 Å². The van der Waals surface area contributed by atoms with Gasteiger partial charge in [-0.2, -0.15) is 5.10 Å². The second-order valence-electron chi connectivity index (χ2n) is 5.37. The Morgan fingerprint density at radius 1 is 1.00 bits per heavy atom. The number of benzene rings is 2. The summed E-state index contributed by atoms with van der Waals surface area (Å²) in [6.07, 6.45) is 0. The van der Waals surface area contributed by atoms with Gasteiger partial charge < -0.3 is 0 Å². The summed E-state index contributed by atoms with van der Waals surface area (Å²) in [5.74, 6) is 1.35. The van der Waals surface area contributed by atoms with E-state index in [-0.39, 0.29) is 0 Å². The molecular weight excluding hydrogens is 320 g/mol. The second kappa shape index (κ2) is 7.23. The normalized spacial score (nSPS) is 11.4. The number of hydrogen-bond donors (Lipinski definition) is 1. The molecule has 0 radical (unpaired) electrons. The quantitative estimate of drug-likeness (QED) is 0.542. The number of halogens is 1. The maximum Gasteiger partial charge on any atom is 0.150 e. The molecule has 0 amide bonds. The Hall–Kier alpha value is -2.72. The van der Waals surface area contributed by atoms with E-state index >= 15 is 0 Å². The highest BCUT2D eigenvalue weighted by Crippen LogP contribution is 2.19. The fourth-order valence-corrected chi connectivity index (χ4v) is 2.40. The third kappa shape index (κ3) is 3.97. The molecule has 0 aliphatic carbocycles. The van der Waals surface area contributed by atoms with Crippen LogP contribution in [0.15, 0.2) is 65.8 Å². The van der Waals surface area contributed by atoms with Crippen molar-refractivity contribution in [3.8, 4) is 11.3 Å². The standard InChI is InChI=1S/C19H17ClN4/c1-13(15-8-10-17(20)11-9-15)23-24-19-12-18(21-14(2)22-19)16-6-4-3-5-7-16/h3-12H,1-2H3,(H,21,22,24)/b23-13+. The second-order valence-corrected chi connectivity index (χ2v) is 5.80. The first kappa shape index (κ1) is 16.1. The van der Waals surface area contributed by atoms with E-state index in [4.69, 9.17) is 11.6 Å². The number of rotatable bonds is 4. The lowest BCUT2D eigenvalue weighted by Crippen LogP contribution is -2.02. The molecule has 0 fully saturated rings. The van der Waals surface area contributed by atoms with E-state index in [0.29, 0.717) is 16.7 Å². The molecule has 5 heteroatoms. The summed E-state index contributed by atoms with van der Waals surface area (Å²) in [5.41, 5.74) is 6.78. The van der Waals surface area contributed by atoms with Crippen LogP contribution in [0.3, 0.4) is 0 Å². The average molecular weight is 337 g/mol. The minimum Gasteiger partial charge on any atom is -0.261 e. The molecule has 3 aromatic rings. The molecule has 4 nitrogen and oxygen atoms in total. The van der Waals surface area contributed by atoms with Crippen LogP contribution in [-0.2, 0) is 0 Å². The summed E-state index contributed by atoms with van der Waals surface area (Å²) in [6.45, 7) is 3.80. The van der Waals surface area contributed by atoms with E-state index in [1.165, 1.54) is 0 Å². The Balaban J connectivity index is 1.84. The maximum absolute atomic E-state index is 5.91. The van der Waals surface area contributed by atoms with Gasteiger partial charge in [-0.15, -0.1) is 0 Å². The van der Waals surface area contributed by atoms with Gasteiger partial charge in [0, 0.05) is 16.7 Å². The topological polar surface area (TPSA) is 50.2 Å². The molecule has 24 heavy (non-hydrogen) atoms. The number of anilines is 1. The largest absolute Gasteiger partial charge is 0.261 e. The highest BCUT2D eigenvalue weighted by Gasteiger charge is 2.04. The first-order valence-corrected chi connectivity index (χ1v) is 7.97. The summed E-state index contributed by atoms with van der Waals surface area (Å²) in [5, 5.41) is 5.11. The van der Waals surface area contributed by atoms with Gasteiger partial charge in [0.05, 0.1) is 11.4 Å². The van der Waals surface area contributed by atoms with Gasteiger partial charge in [-0.05, 0) is 31.5 Å². The molecular formula is C19H17ClN4. The lowest BCUT2D eigenvalue weighted by Gasteiger charge is -2.07. The van der Waals surface area contributed by atoms with Crippen molar-refractivity contribution >= 4 is 23.1 Å². The lowest BCUT2D eigenvalue weighted by molar-refractivity contribution is 1.05. The Morgan fingerprint density at radius 3 is 2.42 bits per heavy atom. The zero-order chi connectivity index (χ0) is 16.9. The first-order chi connectivity index (χ1) is 11.6. The molecule has 3 rings (SSSR count). The molecule has 120 valence electrons. The fourth-order valence-electron chi connectivity index (χ4n) is 2.28. The molecule has 0 aliphatic heterocycles. The minimum absolute atomic E-state index is 0.662. The summed E-state index contributed by atoms with van der Waals surface area (Å²) >= 11 is 5.91. The smallest absolute Gasteiger partial charge is 0.150 e. The molecule has 0 bridgehead atoms. The van der Waals surface area contributed by atoms with Crippen molar-refractivity contribution in [2.75, 3.05) is 5.43 Å². The van der Waals surface area contributed by atoms with Gasteiger partial charge in [0.2, 0.25) is 0 Å². The Labute approximate surface area is 146 Å². The van der Waals surface area contributed by atoms with Gasteiger partial charge in [-0.25, -0.2) is 9.97 Å². The Bertz CT molecular complexity index is 858. The van der Waals surface area contributed by atoms with Crippen LogP contribution in [0.4, 0.5) is 5.82 Å². The van der Waals surface area contributed by atoms with Gasteiger partial charge in [-0.3, -0.25) is 5.43 Å². The molecule has 0 unspecified atom stereocenters.